The molecule has 0 unspecified atom stereocenters. The lowest BCUT2D eigenvalue weighted by Gasteiger charge is -2.21. The standard InChI is InChI=1S/C15H22N4O5S/c1-11-8-12(17-24-11)16-13(20)9-25-10-14(21)18-4-3-5-19(7-6-18)15(22)23-2/h8H,3-7,9-10H2,1-2H3,(H,16,17,20). The highest BCUT2D eigenvalue weighted by atomic mass is 32.2. The maximum absolute atomic E-state index is 12.3. The summed E-state index contributed by atoms with van der Waals surface area (Å²) in [7, 11) is 1.35. The van der Waals surface area contributed by atoms with E-state index < -0.39 is 0 Å². The molecule has 1 aromatic heterocycles. The van der Waals surface area contributed by atoms with Gasteiger partial charge in [-0.2, -0.15) is 0 Å². The average Bonchev–Trinajstić information content (AvgIpc) is 2.85. The zero-order valence-electron chi connectivity index (χ0n) is 14.3. The van der Waals surface area contributed by atoms with Crippen LogP contribution in [0.5, 0.6) is 0 Å². The Labute approximate surface area is 150 Å². The Kier molecular flexibility index (Phi) is 7.11. The van der Waals surface area contributed by atoms with Gasteiger partial charge in [-0.15, -0.1) is 11.8 Å². The summed E-state index contributed by atoms with van der Waals surface area (Å²) < 4.78 is 9.57. The highest BCUT2D eigenvalue weighted by Gasteiger charge is 2.22. The molecular weight excluding hydrogens is 348 g/mol. The molecule has 0 saturated carbocycles. The van der Waals surface area contributed by atoms with E-state index in [9.17, 15) is 14.4 Å². The minimum Gasteiger partial charge on any atom is -0.453 e. The number of hydrogen-bond donors (Lipinski definition) is 1. The van der Waals surface area contributed by atoms with Gasteiger partial charge in [0, 0.05) is 32.2 Å². The maximum Gasteiger partial charge on any atom is 0.409 e. The maximum atomic E-state index is 12.3. The first-order chi connectivity index (χ1) is 12.0. The van der Waals surface area contributed by atoms with E-state index >= 15 is 0 Å². The van der Waals surface area contributed by atoms with Gasteiger partial charge in [0.15, 0.2) is 5.82 Å². The van der Waals surface area contributed by atoms with E-state index in [2.05, 4.69) is 10.5 Å². The molecule has 1 aliphatic rings. The zero-order valence-corrected chi connectivity index (χ0v) is 15.1. The van der Waals surface area contributed by atoms with Crippen molar-refractivity contribution in [2.45, 2.75) is 13.3 Å². The van der Waals surface area contributed by atoms with E-state index in [0.29, 0.717) is 44.2 Å². The molecule has 1 fully saturated rings. The smallest absolute Gasteiger partial charge is 0.409 e. The van der Waals surface area contributed by atoms with E-state index in [4.69, 9.17) is 9.26 Å². The second kappa shape index (κ2) is 9.30. The van der Waals surface area contributed by atoms with Crippen molar-refractivity contribution in [3.63, 3.8) is 0 Å². The molecule has 25 heavy (non-hydrogen) atoms. The van der Waals surface area contributed by atoms with Crippen LogP contribution in [0.25, 0.3) is 0 Å². The van der Waals surface area contributed by atoms with Crippen molar-refractivity contribution in [2.24, 2.45) is 0 Å². The van der Waals surface area contributed by atoms with Crippen molar-refractivity contribution in [2.75, 3.05) is 50.1 Å². The van der Waals surface area contributed by atoms with Crippen LogP contribution in [0.15, 0.2) is 10.6 Å². The Bertz CT molecular complexity index is 621. The molecule has 3 amide bonds. The molecule has 0 bridgehead atoms. The summed E-state index contributed by atoms with van der Waals surface area (Å²) in [6.07, 6.45) is 0.334. The van der Waals surface area contributed by atoms with E-state index in [1.54, 1.807) is 22.8 Å². The fourth-order valence-electron chi connectivity index (χ4n) is 2.41. The first kappa shape index (κ1) is 19.1. The van der Waals surface area contributed by atoms with Gasteiger partial charge in [-0.05, 0) is 13.3 Å². The quantitative estimate of drug-likeness (QED) is 0.823. The molecule has 1 aliphatic heterocycles. The first-order valence-corrected chi connectivity index (χ1v) is 9.06. The molecule has 9 nitrogen and oxygen atoms in total. The van der Waals surface area contributed by atoms with E-state index in [0.717, 1.165) is 0 Å². The van der Waals surface area contributed by atoms with Gasteiger partial charge >= 0.3 is 6.09 Å². The highest BCUT2D eigenvalue weighted by molar-refractivity contribution is 8.00. The van der Waals surface area contributed by atoms with Crippen LogP contribution in [0.2, 0.25) is 0 Å². The third kappa shape index (κ3) is 5.96. The molecule has 2 rings (SSSR count). The zero-order chi connectivity index (χ0) is 18.2. The molecule has 0 atom stereocenters. The van der Waals surface area contributed by atoms with Gasteiger partial charge in [-0.1, -0.05) is 5.16 Å². The fraction of sp³-hybridized carbons (Fsp3) is 0.600. The number of thioether (sulfide) groups is 1. The van der Waals surface area contributed by atoms with Crippen LogP contribution in [0.1, 0.15) is 12.2 Å². The third-order valence-electron chi connectivity index (χ3n) is 3.64. The van der Waals surface area contributed by atoms with Gasteiger partial charge in [-0.3, -0.25) is 9.59 Å². The number of methoxy groups -OCH3 is 1. The van der Waals surface area contributed by atoms with Crippen LogP contribution in [-0.2, 0) is 14.3 Å². The SMILES string of the molecule is COC(=O)N1CCCN(C(=O)CSCC(=O)Nc2cc(C)on2)CC1. The molecule has 0 spiro atoms. The fourth-order valence-corrected chi connectivity index (χ4v) is 3.12. The summed E-state index contributed by atoms with van der Waals surface area (Å²) >= 11 is 1.24. The second-order valence-electron chi connectivity index (χ2n) is 5.56. The number of carbonyl (C=O) groups is 3. The second-order valence-corrected chi connectivity index (χ2v) is 6.54. The van der Waals surface area contributed by atoms with Crippen LogP contribution < -0.4 is 5.32 Å². The number of anilines is 1. The lowest BCUT2D eigenvalue weighted by Crippen LogP contribution is -2.38. The van der Waals surface area contributed by atoms with E-state index in [1.807, 2.05) is 0 Å². The number of aromatic nitrogens is 1. The molecule has 2 heterocycles. The van der Waals surface area contributed by atoms with Gasteiger partial charge < -0.3 is 24.4 Å². The van der Waals surface area contributed by atoms with Gasteiger partial charge in [0.2, 0.25) is 11.8 Å². The summed E-state index contributed by atoms with van der Waals surface area (Å²) in [5.41, 5.74) is 0. The van der Waals surface area contributed by atoms with Crippen LogP contribution >= 0.6 is 11.8 Å². The molecule has 0 aromatic carbocycles. The first-order valence-electron chi connectivity index (χ1n) is 7.91. The number of ether oxygens (including phenoxy) is 1. The van der Waals surface area contributed by atoms with Gasteiger partial charge in [0.05, 0.1) is 18.6 Å². The normalized spacial score (nSPS) is 14.8. The summed E-state index contributed by atoms with van der Waals surface area (Å²) in [4.78, 5) is 38.9. The molecule has 10 heteroatoms. The summed E-state index contributed by atoms with van der Waals surface area (Å²) in [6, 6.07) is 1.62. The topological polar surface area (TPSA) is 105 Å². The number of carbonyl (C=O) groups excluding carboxylic acids is 3. The van der Waals surface area contributed by atoms with E-state index in [1.165, 1.54) is 18.9 Å². The predicted octanol–water partition coefficient (Wildman–Crippen LogP) is 0.955. The lowest BCUT2D eigenvalue weighted by atomic mass is 10.4. The minimum absolute atomic E-state index is 0.0400. The Morgan fingerprint density at radius 1 is 1.24 bits per heavy atom. The van der Waals surface area contributed by atoms with Crippen LogP contribution in [0, 0.1) is 6.92 Å². The number of hydrogen-bond acceptors (Lipinski definition) is 7. The van der Waals surface area contributed by atoms with Crippen LogP contribution in [-0.4, -0.2) is 77.7 Å². The number of nitrogens with zero attached hydrogens (tertiary/aromatic N) is 3. The Morgan fingerprint density at radius 3 is 2.64 bits per heavy atom. The number of amides is 3. The number of nitrogens with one attached hydrogen (secondary N) is 1. The highest BCUT2D eigenvalue weighted by Crippen LogP contribution is 2.10. The lowest BCUT2D eigenvalue weighted by molar-refractivity contribution is -0.128. The van der Waals surface area contributed by atoms with Crippen molar-refractivity contribution < 1.29 is 23.6 Å². The predicted molar refractivity (Wildman–Crippen MR) is 92.4 cm³/mol. The minimum atomic E-state index is -0.372. The van der Waals surface area contributed by atoms with Gasteiger partial charge in [0.1, 0.15) is 5.76 Å². The molecule has 1 aromatic rings. The Hall–Kier alpha value is -2.23. The average molecular weight is 370 g/mol. The van der Waals surface area contributed by atoms with Crippen molar-refractivity contribution in [3.05, 3.63) is 11.8 Å². The van der Waals surface area contributed by atoms with Gasteiger partial charge in [-0.25, -0.2) is 4.79 Å². The molecule has 0 aliphatic carbocycles. The Morgan fingerprint density at radius 2 is 1.96 bits per heavy atom. The van der Waals surface area contributed by atoms with Crippen molar-refractivity contribution in [1.29, 1.82) is 0 Å². The van der Waals surface area contributed by atoms with Crippen LogP contribution in [0.4, 0.5) is 10.6 Å². The van der Waals surface area contributed by atoms with Crippen molar-refractivity contribution >= 4 is 35.5 Å². The monoisotopic (exact) mass is 370 g/mol. The molecule has 1 N–H and O–H groups in total. The summed E-state index contributed by atoms with van der Waals surface area (Å²) in [5.74, 6) is 1.06. The van der Waals surface area contributed by atoms with Gasteiger partial charge in [0.25, 0.3) is 0 Å². The molecular formula is C15H22N4O5S. The summed E-state index contributed by atoms with van der Waals surface area (Å²) in [5, 5.41) is 6.28. The van der Waals surface area contributed by atoms with Crippen molar-refractivity contribution in [3.8, 4) is 0 Å². The van der Waals surface area contributed by atoms with Crippen molar-refractivity contribution in [1.82, 2.24) is 15.0 Å². The number of aryl methyl sites for hydroxylation is 1. The van der Waals surface area contributed by atoms with Crippen LogP contribution in [0.3, 0.4) is 0 Å². The third-order valence-corrected chi connectivity index (χ3v) is 4.55. The molecule has 1 saturated heterocycles. The largest absolute Gasteiger partial charge is 0.453 e. The Balaban J connectivity index is 1.69. The number of rotatable bonds is 5. The summed E-state index contributed by atoms with van der Waals surface area (Å²) in [6.45, 7) is 3.83. The molecule has 138 valence electrons. The molecule has 0 radical (unpaired) electrons. The van der Waals surface area contributed by atoms with E-state index in [-0.39, 0.29) is 29.4 Å².